The average molecular weight is 246 g/mol. The molecule has 0 spiro atoms. The third-order valence-electron chi connectivity index (χ3n) is 3.61. The Morgan fingerprint density at radius 1 is 1.39 bits per heavy atom. The predicted molar refractivity (Wildman–Crippen MR) is 73.4 cm³/mol. The molecule has 0 saturated carbocycles. The molecule has 2 N–H and O–H groups in total. The standard InChI is InChI=1S/C15H22N2O/c1-3-12-4-6-14(7-5-12)11(2)17-15(18)8-13-9-16-10-13/h4-7,11,13,16H,3,8-10H2,1-2H3,(H,17,18). The highest BCUT2D eigenvalue weighted by Gasteiger charge is 2.20. The van der Waals surface area contributed by atoms with Crippen LogP contribution in [0.25, 0.3) is 0 Å². The number of carbonyl (C=O) groups is 1. The molecule has 1 aliphatic rings. The first-order valence-electron chi connectivity index (χ1n) is 6.78. The maximum absolute atomic E-state index is 11.8. The van der Waals surface area contributed by atoms with Crippen LogP contribution in [0.15, 0.2) is 24.3 Å². The summed E-state index contributed by atoms with van der Waals surface area (Å²) < 4.78 is 0. The van der Waals surface area contributed by atoms with Gasteiger partial charge in [0.05, 0.1) is 6.04 Å². The maximum atomic E-state index is 11.8. The smallest absolute Gasteiger partial charge is 0.220 e. The van der Waals surface area contributed by atoms with Crippen molar-refractivity contribution in [3.63, 3.8) is 0 Å². The lowest BCUT2D eigenvalue weighted by Crippen LogP contribution is -2.44. The number of nitrogens with one attached hydrogen (secondary N) is 2. The third kappa shape index (κ3) is 3.33. The van der Waals surface area contributed by atoms with Crippen molar-refractivity contribution in [2.24, 2.45) is 5.92 Å². The summed E-state index contributed by atoms with van der Waals surface area (Å²) in [7, 11) is 0. The molecule has 2 rings (SSSR count). The van der Waals surface area contributed by atoms with Gasteiger partial charge in [-0.3, -0.25) is 4.79 Å². The lowest BCUT2D eigenvalue weighted by Gasteiger charge is -2.27. The fraction of sp³-hybridized carbons (Fsp3) is 0.533. The van der Waals surface area contributed by atoms with E-state index in [9.17, 15) is 4.79 Å². The van der Waals surface area contributed by atoms with E-state index in [1.165, 1.54) is 11.1 Å². The number of hydrogen-bond acceptors (Lipinski definition) is 2. The summed E-state index contributed by atoms with van der Waals surface area (Å²) in [6.07, 6.45) is 1.69. The van der Waals surface area contributed by atoms with Crippen molar-refractivity contribution < 1.29 is 4.79 Å². The van der Waals surface area contributed by atoms with Gasteiger partial charge < -0.3 is 10.6 Å². The van der Waals surface area contributed by atoms with E-state index in [0.717, 1.165) is 19.5 Å². The van der Waals surface area contributed by atoms with Gasteiger partial charge in [-0.2, -0.15) is 0 Å². The van der Waals surface area contributed by atoms with E-state index in [0.29, 0.717) is 12.3 Å². The molecule has 1 heterocycles. The van der Waals surface area contributed by atoms with Crippen LogP contribution in [-0.2, 0) is 11.2 Å². The average Bonchev–Trinajstić information content (AvgIpc) is 2.34. The number of benzene rings is 1. The molecule has 1 fully saturated rings. The normalized spacial score (nSPS) is 17.0. The van der Waals surface area contributed by atoms with Gasteiger partial charge in [-0.15, -0.1) is 0 Å². The molecule has 0 radical (unpaired) electrons. The molecule has 98 valence electrons. The molecular formula is C15H22N2O. The van der Waals surface area contributed by atoms with Gasteiger partial charge in [0.25, 0.3) is 0 Å². The molecule has 1 saturated heterocycles. The Morgan fingerprint density at radius 2 is 2.06 bits per heavy atom. The SMILES string of the molecule is CCc1ccc(C(C)NC(=O)CC2CNC2)cc1. The second-order valence-electron chi connectivity index (χ2n) is 5.11. The molecule has 1 aromatic carbocycles. The number of hydrogen-bond donors (Lipinski definition) is 2. The minimum Gasteiger partial charge on any atom is -0.350 e. The number of rotatable bonds is 5. The van der Waals surface area contributed by atoms with Crippen molar-refractivity contribution >= 4 is 5.91 Å². The summed E-state index contributed by atoms with van der Waals surface area (Å²) in [5.41, 5.74) is 2.50. The Labute approximate surface area is 109 Å². The van der Waals surface area contributed by atoms with Crippen LogP contribution in [0.1, 0.15) is 37.4 Å². The highest BCUT2D eigenvalue weighted by atomic mass is 16.1. The second kappa shape index (κ2) is 6.01. The van der Waals surface area contributed by atoms with Crippen LogP contribution in [-0.4, -0.2) is 19.0 Å². The summed E-state index contributed by atoms with van der Waals surface area (Å²) in [6, 6.07) is 8.57. The first kappa shape index (κ1) is 13.1. The molecule has 1 amide bonds. The zero-order valence-electron chi connectivity index (χ0n) is 11.2. The number of carbonyl (C=O) groups excluding carboxylic acids is 1. The van der Waals surface area contributed by atoms with Crippen LogP contribution < -0.4 is 10.6 Å². The van der Waals surface area contributed by atoms with Gasteiger partial charge in [0.2, 0.25) is 5.91 Å². The van der Waals surface area contributed by atoms with Crippen LogP contribution in [0, 0.1) is 5.92 Å². The van der Waals surface area contributed by atoms with Gasteiger partial charge in [0, 0.05) is 6.42 Å². The molecular weight excluding hydrogens is 224 g/mol. The quantitative estimate of drug-likeness (QED) is 0.834. The molecule has 1 unspecified atom stereocenters. The fourth-order valence-corrected chi connectivity index (χ4v) is 2.18. The number of amides is 1. The van der Waals surface area contributed by atoms with Crippen LogP contribution in [0.5, 0.6) is 0 Å². The summed E-state index contributed by atoms with van der Waals surface area (Å²) in [5, 5.41) is 6.25. The topological polar surface area (TPSA) is 41.1 Å². The minimum atomic E-state index is 0.0939. The van der Waals surface area contributed by atoms with E-state index in [-0.39, 0.29) is 11.9 Å². The van der Waals surface area contributed by atoms with Gasteiger partial charge in [-0.1, -0.05) is 31.2 Å². The largest absolute Gasteiger partial charge is 0.350 e. The zero-order chi connectivity index (χ0) is 13.0. The molecule has 3 nitrogen and oxygen atoms in total. The zero-order valence-corrected chi connectivity index (χ0v) is 11.2. The van der Waals surface area contributed by atoms with Gasteiger partial charge >= 0.3 is 0 Å². The van der Waals surface area contributed by atoms with E-state index in [1.54, 1.807) is 0 Å². The molecule has 3 heteroatoms. The summed E-state index contributed by atoms with van der Waals surface area (Å²) in [5.74, 6) is 0.688. The third-order valence-corrected chi connectivity index (χ3v) is 3.61. The Bertz CT molecular complexity index is 395. The van der Waals surface area contributed by atoms with Crippen molar-refractivity contribution in [3.8, 4) is 0 Å². The highest BCUT2D eigenvalue weighted by Crippen LogP contribution is 2.15. The fourth-order valence-electron chi connectivity index (χ4n) is 2.18. The highest BCUT2D eigenvalue weighted by molar-refractivity contribution is 5.76. The van der Waals surface area contributed by atoms with E-state index in [2.05, 4.69) is 41.8 Å². The lowest BCUT2D eigenvalue weighted by atomic mass is 9.98. The van der Waals surface area contributed by atoms with E-state index in [1.807, 2.05) is 6.92 Å². The summed E-state index contributed by atoms with van der Waals surface area (Å²) >= 11 is 0. The van der Waals surface area contributed by atoms with Crippen LogP contribution in [0.3, 0.4) is 0 Å². The van der Waals surface area contributed by atoms with Crippen LogP contribution in [0.4, 0.5) is 0 Å². The number of aryl methyl sites for hydroxylation is 1. The van der Waals surface area contributed by atoms with Crippen LogP contribution >= 0.6 is 0 Å². The molecule has 18 heavy (non-hydrogen) atoms. The van der Waals surface area contributed by atoms with Gasteiger partial charge in [-0.05, 0) is 43.5 Å². The monoisotopic (exact) mass is 246 g/mol. The van der Waals surface area contributed by atoms with Gasteiger partial charge in [0.1, 0.15) is 0 Å². The first-order valence-corrected chi connectivity index (χ1v) is 6.78. The first-order chi connectivity index (χ1) is 8.69. The molecule has 1 aromatic rings. The minimum absolute atomic E-state index is 0.0939. The Hall–Kier alpha value is -1.35. The van der Waals surface area contributed by atoms with Crippen molar-refractivity contribution in [3.05, 3.63) is 35.4 Å². The second-order valence-corrected chi connectivity index (χ2v) is 5.11. The summed E-state index contributed by atoms with van der Waals surface area (Å²) in [6.45, 7) is 6.14. The molecule has 0 bridgehead atoms. The molecule has 0 aromatic heterocycles. The molecule has 1 atom stereocenters. The van der Waals surface area contributed by atoms with Crippen molar-refractivity contribution in [1.82, 2.24) is 10.6 Å². The van der Waals surface area contributed by atoms with Gasteiger partial charge in [0.15, 0.2) is 0 Å². The Kier molecular flexibility index (Phi) is 4.37. The van der Waals surface area contributed by atoms with Crippen molar-refractivity contribution in [2.45, 2.75) is 32.7 Å². The van der Waals surface area contributed by atoms with E-state index in [4.69, 9.17) is 0 Å². The Morgan fingerprint density at radius 3 is 2.56 bits per heavy atom. The van der Waals surface area contributed by atoms with Crippen LogP contribution in [0.2, 0.25) is 0 Å². The maximum Gasteiger partial charge on any atom is 0.220 e. The van der Waals surface area contributed by atoms with E-state index < -0.39 is 0 Å². The van der Waals surface area contributed by atoms with Crippen molar-refractivity contribution in [1.29, 1.82) is 0 Å². The lowest BCUT2D eigenvalue weighted by molar-refractivity contribution is -0.123. The molecule has 1 aliphatic heterocycles. The molecule has 0 aliphatic carbocycles. The Balaban J connectivity index is 1.85. The van der Waals surface area contributed by atoms with Gasteiger partial charge in [-0.25, -0.2) is 0 Å². The predicted octanol–water partition coefficient (Wildman–Crippen LogP) is 2.04. The van der Waals surface area contributed by atoms with Crippen molar-refractivity contribution in [2.75, 3.05) is 13.1 Å². The van der Waals surface area contributed by atoms with E-state index >= 15 is 0 Å². The summed E-state index contributed by atoms with van der Waals surface area (Å²) in [4.78, 5) is 11.8.